The van der Waals surface area contributed by atoms with Crippen molar-refractivity contribution in [2.75, 3.05) is 13.2 Å². The maximum atomic E-state index is 8.34. The van der Waals surface area contributed by atoms with Crippen molar-refractivity contribution in [3.8, 4) is 16.9 Å². The Kier molecular flexibility index (Phi) is 11.9. The van der Waals surface area contributed by atoms with Crippen LogP contribution in [0.2, 0.25) is 0 Å². The molecule has 1 N–H and O–H groups in total. The Morgan fingerprint density at radius 2 is 1.64 bits per heavy atom. The molecule has 0 atom stereocenters. The van der Waals surface area contributed by atoms with Crippen LogP contribution in [0.1, 0.15) is 11.1 Å². The SMILES string of the molecule is OCCO[c-]1cccc1.[Cl-].[Cl-].[Zr+4].[c-]1cccc2c1Cc1ccccc1-2. The summed E-state index contributed by atoms with van der Waals surface area (Å²) in [6, 6.07) is 25.6. The maximum absolute atomic E-state index is 8.34. The van der Waals surface area contributed by atoms with E-state index in [0.29, 0.717) is 6.61 Å². The monoisotopic (exact) mass is 450 g/mol. The van der Waals surface area contributed by atoms with E-state index in [1.807, 2.05) is 30.3 Å². The number of halogens is 2. The molecule has 0 spiro atoms. The van der Waals surface area contributed by atoms with Crippen LogP contribution in [0.25, 0.3) is 11.1 Å². The molecule has 1 aliphatic rings. The Labute approximate surface area is 180 Å². The molecule has 3 aromatic rings. The van der Waals surface area contributed by atoms with Gasteiger partial charge in [-0.2, -0.15) is 29.8 Å². The smallest absolute Gasteiger partial charge is 1.00 e. The number of ether oxygens (including phenoxy) is 1. The maximum Gasteiger partial charge on any atom is 4.00 e. The fourth-order valence-electron chi connectivity index (χ4n) is 2.61. The van der Waals surface area contributed by atoms with Gasteiger partial charge in [-0.1, -0.05) is 35.4 Å². The third-order valence-corrected chi connectivity index (χ3v) is 3.61. The van der Waals surface area contributed by atoms with E-state index in [1.165, 1.54) is 22.3 Å². The van der Waals surface area contributed by atoms with E-state index in [2.05, 4.69) is 42.5 Å². The summed E-state index contributed by atoms with van der Waals surface area (Å²) >= 11 is 0. The molecule has 0 saturated carbocycles. The number of benzene rings is 2. The normalized spacial score (nSPS) is 9.80. The molecule has 0 aliphatic heterocycles. The summed E-state index contributed by atoms with van der Waals surface area (Å²) in [6.07, 6.45) is 1.05. The van der Waals surface area contributed by atoms with Crippen LogP contribution in [0, 0.1) is 6.07 Å². The Bertz CT molecular complexity index is 687. The molecule has 5 heteroatoms. The van der Waals surface area contributed by atoms with Gasteiger partial charge in [0.05, 0.1) is 13.2 Å². The summed E-state index contributed by atoms with van der Waals surface area (Å²) < 4.78 is 5.05. The second kappa shape index (κ2) is 12.4. The summed E-state index contributed by atoms with van der Waals surface area (Å²) in [5.74, 6) is 0.823. The predicted molar refractivity (Wildman–Crippen MR) is 88.1 cm³/mol. The molecule has 1 aliphatic carbocycles. The molecule has 4 rings (SSSR count). The van der Waals surface area contributed by atoms with Crippen molar-refractivity contribution in [2.45, 2.75) is 6.42 Å². The molecule has 0 heterocycles. The minimum absolute atomic E-state index is 0. The van der Waals surface area contributed by atoms with Gasteiger partial charge in [0, 0.05) is 5.75 Å². The molecule has 0 fully saturated rings. The molecule has 0 amide bonds. The molecule has 3 aromatic carbocycles. The van der Waals surface area contributed by atoms with Crippen molar-refractivity contribution in [3.05, 3.63) is 83.9 Å². The molecule has 2 nitrogen and oxygen atoms in total. The largest absolute Gasteiger partial charge is 4.00 e. The summed E-state index contributed by atoms with van der Waals surface area (Å²) in [4.78, 5) is 0. The second-order valence-corrected chi connectivity index (χ2v) is 5.09. The average Bonchev–Trinajstić information content (AvgIpc) is 3.21. The zero-order valence-corrected chi connectivity index (χ0v) is 17.6. The first kappa shape index (κ1) is 24.0. The van der Waals surface area contributed by atoms with Crippen molar-refractivity contribution >= 4 is 0 Å². The van der Waals surface area contributed by atoms with Crippen molar-refractivity contribution in [1.82, 2.24) is 0 Å². The van der Waals surface area contributed by atoms with Crippen molar-refractivity contribution in [1.29, 1.82) is 0 Å². The first-order valence-corrected chi connectivity index (χ1v) is 7.41. The standard InChI is InChI=1S/C13H9.C7H9O2.2ClH.Zr/c1-3-7-12-10(5-1)9-11-6-2-4-8-13(11)12;8-5-6-9-7-3-1-2-4-7;;;/h1-5,7-8H,9H2;1-4,8H,5-6H2;2*1H;/q2*-1;;;+4/p-2. The van der Waals surface area contributed by atoms with Crippen LogP contribution in [0.4, 0.5) is 0 Å². The molecular formula is C20H18Cl2O2Zr. The molecule has 0 aromatic heterocycles. The van der Waals surface area contributed by atoms with Gasteiger partial charge in [0.25, 0.3) is 0 Å². The minimum atomic E-state index is 0. The van der Waals surface area contributed by atoms with Gasteiger partial charge in [0.1, 0.15) is 0 Å². The van der Waals surface area contributed by atoms with E-state index in [9.17, 15) is 0 Å². The van der Waals surface area contributed by atoms with Gasteiger partial charge in [-0.3, -0.25) is 0 Å². The zero-order chi connectivity index (χ0) is 15.2. The Morgan fingerprint density at radius 1 is 0.960 bits per heavy atom. The van der Waals surface area contributed by atoms with E-state index >= 15 is 0 Å². The quantitative estimate of drug-likeness (QED) is 0.359. The molecule has 0 saturated heterocycles. The van der Waals surface area contributed by atoms with Gasteiger partial charge in [-0.05, 0) is 6.42 Å². The average molecular weight is 452 g/mol. The van der Waals surface area contributed by atoms with Crippen LogP contribution >= 0.6 is 0 Å². The number of hydrogen-bond donors (Lipinski definition) is 1. The molecule has 128 valence electrons. The number of aliphatic hydroxyl groups is 1. The van der Waals surface area contributed by atoms with Crippen molar-refractivity contribution in [3.63, 3.8) is 0 Å². The van der Waals surface area contributed by atoms with Gasteiger partial charge < -0.3 is 34.7 Å². The fourth-order valence-corrected chi connectivity index (χ4v) is 2.61. The Hall–Kier alpha value is -0.987. The predicted octanol–water partition coefficient (Wildman–Crippen LogP) is -2.16. The second-order valence-electron chi connectivity index (χ2n) is 5.09. The van der Waals surface area contributed by atoms with E-state index < -0.39 is 0 Å². The van der Waals surface area contributed by atoms with Crippen LogP contribution < -0.4 is 29.6 Å². The summed E-state index contributed by atoms with van der Waals surface area (Å²) in [6.45, 7) is 0.454. The van der Waals surface area contributed by atoms with Crippen LogP contribution in [0.15, 0.2) is 66.7 Å². The zero-order valence-electron chi connectivity index (χ0n) is 13.6. The first-order valence-electron chi connectivity index (χ1n) is 7.41. The number of rotatable bonds is 3. The number of fused-ring (bicyclic) bond motifs is 3. The molecular weight excluding hydrogens is 434 g/mol. The number of hydrogen-bond acceptors (Lipinski definition) is 2. The van der Waals surface area contributed by atoms with Gasteiger partial charge in [-0.15, -0.1) is 17.7 Å². The van der Waals surface area contributed by atoms with E-state index in [4.69, 9.17) is 9.84 Å². The third-order valence-electron chi connectivity index (χ3n) is 3.61. The number of aliphatic hydroxyl groups excluding tert-OH is 1. The summed E-state index contributed by atoms with van der Waals surface area (Å²) in [5.41, 5.74) is 5.51. The van der Waals surface area contributed by atoms with Crippen molar-refractivity contribution < 1.29 is 60.9 Å². The summed E-state index contributed by atoms with van der Waals surface area (Å²) in [5, 5.41) is 8.34. The van der Waals surface area contributed by atoms with E-state index in [1.54, 1.807) is 0 Å². The van der Waals surface area contributed by atoms with E-state index in [-0.39, 0.29) is 57.6 Å². The molecule has 0 bridgehead atoms. The molecule has 25 heavy (non-hydrogen) atoms. The van der Waals surface area contributed by atoms with Crippen LogP contribution in [-0.2, 0) is 32.6 Å². The Morgan fingerprint density at radius 3 is 2.36 bits per heavy atom. The Balaban J connectivity index is 0.000000435. The fraction of sp³-hybridized carbons (Fsp3) is 0.150. The van der Waals surface area contributed by atoms with E-state index in [0.717, 1.165) is 12.2 Å². The van der Waals surface area contributed by atoms with Crippen LogP contribution in [-0.4, -0.2) is 18.3 Å². The van der Waals surface area contributed by atoms with Crippen LogP contribution in [0.5, 0.6) is 5.75 Å². The van der Waals surface area contributed by atoms with Gasteiger partial charge in [-0.25, -0.2) is 12.1 Å². The minimum Gasteiger partial charge on any atom is -1.00 e. The van der Waals surface area contributed by atoms with Crippen molar-refractivity contribution in [2.24, 2.45) is 0 Å². The topological polar surface area (TPSA) is 29.5 Å². The summed E-state index contributed by atoms with van der Waals surface area (Å²) in [7, 11) is 0. The van der Waals surface area contributed by atoms with Crippen LogP contribution in [0.3, 0.4) is 0 Å². The van der Waals surface area contributed by atoms with Gasteiger partial charge >= 0.3 is 26.2 Å². The van der Waals surface area contributed by atoms with Gasteiger partial charge in [0.2, 0.25) is 0 Å². The van der Waals surface area contributed by atoms with Gasteiger partial charge in [0.15, 0.2) is 0 Å². The molecule has 0 radical (unpaired) electrons. The first-order chi connectivity index (χ1) is 10.9. The molecule has 0 unspecified atom stereocenters. The third kappa shape index (κ3) is 6.35.